The van der Waals surface area contributed by atoms with Gasteiger partial charge in [0.05, 0.1) is 17.1 Å². The molecule has 0 atom stereocenters. The summed E-state index contributed by atoms with van der Waals surface area (Å²) >= 11 is 0. The van der Waals surface area contributed by atoms with E-state index in [1.807, 2.05) is 48.5 Å². The van der Waals surface area contributed by atoms with Crippen LogP contribution in [-0.4, -0.2) is 5.71 Å². The number of hydrogen-bond donors (Lipinski definition) is 2. The van der Waals surface area contributed by atoms with Gasteiger partial charge >= 0.3 is 0 Å². The van der Waals surface area contributed by atoms with Crippen molar-refractivity contribution in [3.05, 3.63) is 240 Å². The monoisotopic (exact) mass is 700 g/mol. The van der Waals surface area contributed by atoms with Crippen molar-refractivity contribution in [1.29, 1.82) is 5.41 Å². The van der Waals surface area contributed by atoms with Crippen LogP contribution in [0, 0.1) is 5.41 Å². The van der Waals surface area contributed by atoms with Crippen molar-refractivity contribution in [2.45, 2.75) is 0 Å². The predicted octanol–water partition coefficient (Wildman–Crippen LogP) is 13.3. The van der Waals surface area contributed by atoms with Crippen molar-refractivity contribution >= 4 is 60.6 Å². The maximum absolute atomic E-state index is 9.61. The van der Waals surface area contributed by atoms with Crippen molar-refractivity contribution in [3.8, 4) is 11.1 Å². The molecule has 0 unspecified atom stereocenters. The van der Waals surface area contributed by atoms with Crippen LogP contribution in [0.3, 0.4) is 0 Å². The lowest BCUT2D eigenvalue weighted by Gasteiger charge is -2.30. The third-order valence-corrected chi connectivity index (χ3v) is 10.9. The van der Waals surface area contributed by atoms with Crippen LogP contribution >= 0.6 is 0 Å². The molecule has 1 aliphatic rings. The SMILES string of the molecule is N=C(/C(=C1\NC(c2ccccc2)=C(c2ccc(-c3ccc4c5ccccc5c5ccccc5c4c3)cc2)c2ccccc21)c1ccccc1)c1ccccc1. The largest absolute Gasteiger partial charge is 0.353 e. The van der Waals surface area contributed by atoms with Crippen LogP contribution in [0.2, 0.25) is 0 Å². The highest BCUT2D eigenvalue weighted by molar-refractivity contribution is 6.36. The van der Waals surface area contributed by atoms with Crippen LogP contribution < -0.4 is 5.32 Å². The second-order valence-electron chi connectivity index (χ2n) is 14.1. The molecule has 0 bridgehead atoms. The zero-order valence-corrected chi connectivity index (χ0v) is 30.1. The summed E-state index contributed by atoms with van der Waals surface area (Å²) in [5.74, 6) is 0. The fraction of sp³-hybridized carbons (Fsp3) is 0. The van der Waals surface area contributed by atoms with Gasteiger partial charge in [0.1, 0.15) is 0 Å². The second kappa shape index (κ2) is 13.6. The third kappa shape index (κ3) is 5.64. The summed E-state index contributed by atoms with van der Waals surface area (Å²) in [6, 6.07) is 72.9. The first-order valence-electron chi connectivity index (χ1n) is 18.8. The molecule has 2 nitrogen and oxygen atoms in total. The van der Waals surface area contributed by atoms with Crippen molar-refractivity contribution in [2.75, 3.05) is 0 Å². The molecular formula is C53H36N2. The summed E-state index contributed by atoms with van der Waals surface area (Å²) in [4.78, 5) is 0. The molecule has 9 aromatic carbocycles. The normalized spacial score (nSPS) is 13.5. The highest BCUT2D eigenvalue weighted by atomic mass is 14.9. The van der Waals surface area contributed by atoms with E-state index in [2.05, 4.69) is 163 Å². The van der Waals surface area contributed by atoms with E-state index in [1.54, 1.807) is 0 Å². The minimum Gasteiger partial charge on any atom is -0.353 e. The molecule has 0 saturated heterocycles. The number of allylic oxidation sites excluding steroid dienone is 1. The number of nitrogens with one attached hydrogen (secondary N) is 2. The second-order valence-corrected chi connectivity index (χ2v) is 14.1. The molecule has 0 aromatic heterocycles. The fourth-order valence-corrected chi connectivity index (χ4v) is 8.31. The molecule has 0 saturated carbocycles. The van der Waals surface area contributed by atoms with Crippen molar-refractivity contribution < 1.29 is 0 Å². The van der Waals surface area contributed by atoms with E-state index in [0.717, 1.165) is 55.9 Å². The Hall–Kier alpha value is -7.29. The lowest BCUT2D eigenvalue weighted by Crippen LogP contribution is -2.23. The maximum atomic E-state index is 9.61. The van der Waals surface area contributed by atoms with Gasteiger partial charge in [-0.2, -0.15) is 0 Å². The molecule has 1 heterocycles. The van der Waals surface area contributed by atoms with E-state index in [4.69, 9.17) is 0 Å². The van der Waals surface area contributed by atoms with Crippen molar-refractivity contribution in [3.63, 3.8) is 0 Å². The zero-order valence-electron chi connectivity index (χ0n) is 30.1. The fourth-order valence-electron chi connectivity index (χ4n) is 8.31. The summed E-state index contributed by atoms with van der Waals surface area (Å²) in [6.45, 7) is 0. The molecule has 1 aliphatic heterocycles. The molecule has 0 spiro atoms. The van der Waals surface area contributed by atoms with Gasteiger partial charge in [-0.15, -0.1) is 0 Å². The van der Waals surface area contributed by atoms with Gasteiger partial charge in [-0.25, -0.2) is 0 Å². The summed E-state index contributed by atoms with van der Waals surface area (Å²) in [5.41, 5.74) is 13.0. The third-order valence-electron chi connectivity index (χ3n) is 10.9. The van der Waals surface area contributed by atoms with E-state index >= 15 is 0 Å². The lowest BCUT2D eigenvalue weighted by atomic mass is 9.82. The van der Waals surface area contributed by atoms with Crippen LogP contribution in [0.1, 0.15) is 33.4 Å². The van der Waals surface area contributed by atoms with Crippen molar-refractivity contribution in [2.24, 2.45) is 0 Å². The Morgan fingerprint density at radius 1 is 0.345 bits per heavy atom. The zero-order chi connectivity index (χ0) is 36.7. The van der Waals surface area contributed by atoms with Crippen LogP contribution in [0.4, 0.5) is 0 Å². The molecule has 2 N–H and O–H groups in total. The van der Waals surface area contributed by atoms with Gasteiger partial charge in [0, 0.05) is 22.3 Å². The Bertz CT molecular complexity index is 2940. The molecule has 55 heavy (non-hydrogen) atoms. The number of benzene rings is 9. The molecular weight excluding hydrogens is 665 g/mol. The standard InChI is InChI=1S/C53H36N2/c54-51(38-18-6-2-7-19-38)50(36-16-4-1-5-17-36)53-47-27-15-14-26-46(47)49(52(55-53)39-20-8-3-9-21-39)37-30-28-35(29-31-37)40-32-33-45-43-24-11-10-22-41(43)42-23-12-13-25-44(42)48(45)34-40/h1-34,54-55H/b53-50-,54-51?. The highest BCUT2D eigenvalue weighted by Gasteiger charge is 2.28. The number of rotatable bonds is 6. The van der Waals surface area contributed by atoms with Crippen LogP contribution in [0.25, 0.3) is 66.0 Å². The van der Waals surface area contributed by atoms with Gasteiger partial charge in [0.2, 0.25) is 0 Å². The van der Waals surface area contributed by atoms with Gasteiger partial charge in [-0.05, 0) is 71.8 Å². The summed E-state index contributed by atoms with van der Waals surface area (Å²) in [6.07, 6.45) is 0. The Kier molecular flexibility index (Phi) is 8.00. The smallest absolute Gasteiger partial charge is 0.0711 e. The molecule has 2 heteroatoms. The Morgan fingerprint density at radius 2 is 0.800 bits per heavy atom. The van der Waals surface area contributed by atoms with E-state index in [-0.39, 0.29) is 0 Å². The topological polar surface area (TPSA) is 35.9 Å². The van der Waals surface area contributed by atoms with Crippen molar-refractivity contribution in [1.82, 2.24) is 5.32 Å². The maximum Gasteiger partial charge on any atom is 0.0711 e. The van der Waals surface area contributed by atoms with Crippen LogP contribution in [0.15, 0.2) is 206 Å². The highest BCUT2D eigenvalue weighted by Crippen LogP contribution is 2.43. The van der Waals surface area contributed by atoms with Gasteiger partial charge in [-0.3, -0.25) is 5.41 Å². The molecule has 258 valence electrons. The first-order chi connectivity index (χ1) is 27.2. The van der Waals surface area contributed by atoms with Gasteiger partial charge < -0.3 is 5.32 Å². The van der Waals surface area contributed by atoms with E-state index < -0.39 is 0 Å². The average Bonchev–Trinajstić information content (AvgIpc) is 3.27. The Balaban J connectivity index is 1.14. The van der Waals surface area contributed by atoms with Gasteiger partial charge in [-0.1, -0.05) is 200 Å². The summed E-state index contributed by atoms with van der Waals surface area (Å²) in [5, 5.41) is 21.2. The van der Waals surface area contributed by atoms with E-state index in [0.29, 0.717) is 5.71 Å². The van der Waals surface area contributed by atoms with Crippen LogP contribution in [-0.2, 0) is 0 Å². The molecule has 9 aromatic rings. The summed E-state index contributed by atoms with van der Waals surface area (Å²) < 4.78 is 0. The minimum atomic E-state index is 0.473. The molecule has 10 rings (SSSR count). The minimum absolute atomic E-state index is 0.473. The number of fused-ring (bicyclic) bond motifs is 7. The molecule has 0 amide bonds. The average molecular weight is 701 g/mol. The number of hydrogen-bond acceptors (Lipinski definition) is 2. The van der Waals surface area contributed by atoms with Gasteiger partial charge in [0.25, 0.3) is 0 Å². The first kappa shape index (κ1) is 32.4. The summed E-state index contributed by atoms with van der Waals surface area (Å²) in [7, 11) is 0. The lowest BCUT2D eigenvalue weighted by molar-refractivity contribution is 1.20. The van der Waals surface area contributed by atoms with E-state index in [9.17, 15) is 5.41 Å². The Labute approximate surface area is 320 Å². The molecule has 0 fully saturated rings. The molecule has 0 radical (unpaired) electrons. The van der Waals surface area contributed by atoms with Gasteiger partial charge in [0.15, 0.2) is 0 Å². The molecule has 0 aliphatic carbocycles. The Morgan fingerprint density at radius 3 is 1.42 bits per heavy atom. The quantitative estimate of drug-likeness (QED) is 0.131. The van der Waals surface area contributed by atoms with E-state index in [1.165, 1.54) is 43.4 Å². The first-order valence-corrected chi connectivity index (χ1v) is 18.8. The predicted molar refractivity (Wildman–Crippen MR) is 233 cm³/mol. The van der Waals surface area contributed by atoms with Crippen LogP contribution in [0.5, 0.6) is 0 Å².